The molecule has 2 bridgehead atoms. The number of fused-ring (bicyclic) bond motifs is 7. The van der Waals surface area contributed by atoms with Crippen LogP contribution in [-0.4, -0.2) is 39.9 Å². The van der Waals surface area contributed by atoms with Gasteiger partial charge in [0.15, 0.2) is 23.1 Å². The molecule has 38 heavy (non-hydrogen) atoms. The third-order valence-electron chi connectivity index (χ3n) is 7.28. The Balaban J connectivity index is 1.72. The molecule has 0 saturated carbocycles. The van der Waals surface area contributed by atoms with Crippen LogP contribution in [0.2, 0.25) is 0 Å². The van der Waals surface area contributed by atoms with Crippen LogP contribution in [0.5, 0.6) is 11.5 Å². The largest absolute Gasteiger partial charge is 0.502 e. The average Bonchev–Trinajstić information content (AvgIpc) is 3.08. The van der Waals surface area contributed by atoms with E-state index in [0.717, 1.165) is 16.5 Å². The first-order chi connectivity index (χ1) is 18.3. The second-order valence-corrected chi connectivity index (χ2v) is 10.9. The van der Waals surface area contributed by atoms with Gasteiger partial charge in [-0.05, 0) is 23.6 Å². The van der Waals surface area contributed by atoms with E-state index in [4.69, 9.17) is 4.74 Å². The topological polar surface area (TPSA) is 75.0 Å². The van der Waals surface area contributed by atoms with E-state index in [9.17, 15) is 19.1 Å². The second-order valence-electron chi connectivity index (χ2n) is 9.84. The molecular weight excluding hydrogens is 512 g/mol. The van der Waals surface area contributed by atoms with Gasteiger partial charge in [0.05, 0.1) is 6.04 Å². The molecule has 0 saturated heterocycles. The molecule has 0 fully saturated rings. The fraction of sp³-hybridized carbons (Fsp3) is 0.286. The number of pyridine rings is 1. The van der Waals surface area contributed by atoms with E-state index in [1.54, 1.807) is 16.0 Å². The van der Waals surface area contributed by atoms with Gasteiger partial charge in [-0.1, -0.05) is 38.1 Å². The number of hydrogen-bond acceptors (Lipinski definition) is 6. The number of carbonyl (C=O) groups excluding carboxylic acids is 1. The second kappa shape index (κ2) is 9.20. The number of rotatable bonds is 1. The van der Waals surface area contributed by atoms with Crippen molar-refractivity contribution in [2.45, 2.75) is 36.6 Å². The normalized spacial score (nSPS) is 21.0. The van der Waals surface area contributed by atoms with Gasteiger partial charge in [0.2, 0.25) is 5.43 Å². The van der Waals surface area contributed by atoms with Crippen molar-refractivity contribution in [2.24, 2.45) is 5.92 Å². The van der Waals surface area contributed by atoms with E-state index in [0.29, 0.717) is 5.56 Å². The Kier molecular flexibility index (Phi) is 5.94. The van der Waals surface area contributed by atoms with Crippen LogP contribution in [0.25, 0.3) is 0 Å². The van der Waals surface area contributed by atoms with Gasteiger partial charge in [-0.15, -0.1) is 11.8 Å². The van der Waals surface area contributed by atoms with E-state index in [-0.39, 0.29) is 42.0 Å². The highest BCUT2D eigenvalue weighted by atomic mass is 32.2. The molecular formula is C28H25F2N3O4S. The zero-order chi connectivity index (χ0) is 26.7. The zero-order valence-electron chi connectivity index (χ0n) is 20.7. The van der Waals surface area contributed by atoms with Gasteiger partial charge in [-0.2, -0.15) is 0 Å². The fourth-order valence-corrected chi connectivity index (χ4v) is 6.59. The molecule has 6 rings (SSSR count). The van der Waals surface area contributed by atoms with Crippen molar-refractivity contribution in [3.05, 3.63) is 99.0 Å². The highest BCUT2D eigenvalue weighted by Crippen LogP contribution is 2.47. The minimum atomic E-state index is -1.000. The van der Waals surface area contributed by atoms with Gasteiger partial charge in [-0.3, -0.25) is 19.3 Å². The molecule has 2 aromatic carbocycles. The third-order valence-corrected chi connectivity index (χ3v) is 8.40. The number of nitrogens with zero attached hydrogens (tertiary/aromatic N) is 3. The first-order valence-electron chi connectivity index (χ1n) is 12.3. The number of aromatic hydroxyl groups is 1. The quantitative estimate of drug-likeness (QED) is 0.459. The lowest BCUT2D eigenvalue weighted by Crippen LogP contribution is -2.58. The van der Waals surface area contributed by atoms with Crippen LogP contribution in [0.4, 0.5) is 8.78 Å². The monoisotopic (exact) mass is 537 g/mol. The van der Waals surface area contributed by atoms with E-state index in [1.165, 1.54) is 28.7 Å². The maximum absolute atomic E-state index is 15.4. The molecule has 1 N–H and O–H groups in total. The van der Waals surface area contributed by atoms with Crippen molar-refractivity contribution in [1.82, 2.24) is 9.58 Å². The minimum absolute atomic E-state index is 0.0215. The first kappa shape index (κ1) is 24.5. The number of thioether (sulfide) groups is 1. The maximum atomic E-state index is 15.4. The van der Waals surface area contributed by atoms with Crippen molar-refractivity contribution >= 4 is 17.7 Å². The smallest absolute Gasteiger partial charge is 0.278 e. The summed E-state index contributed by atoms with van der Waals surface area (Å²) in [6, 6.07) is 8.70. The van der Waals surface area contributed by atoms with E-state index < -0.39 is 40.8 Å². The number of carbonyl (C=O) groups is 1. The van der Waals surface area contributed by atoms with Gasteiger partial charge in [-0.25, -0.2) is 8.78 Å². The van der Waals surface area contributed by atoms with Gasteiger partial charge in [0.1, 0.15) is 25.1 Å². The lowest BCUT2D eigenvalue weighted by Gasteiger charge is -2.46. The Morgan fingerprint density at radius 1 is 1.16 bits per heavy atom. The van der Waals surface area contributed by atoms with Gasteiger partial charge >= 0.3 is 0 Å². The summed E-state index contributed by atoms with van der Waals surface area (Å²) >= 11 is 1.39. The van der Waals surface area contributed by atoms with Crippen molar-refractivity contribution in [3.8, 4) is 11.5 Å². The Morgan fingerprint density at radius 3 is 2.74 bits per heavy atom. The summed E-state index contributed by atoms with van der Waals surface area (Å²) in [5.74, 6) is -2.76. The Hall–Kier alpha value is -3.79. The SMILES string of the molecule is CC(C)[C@@H]1/C=C/COc2cc(F)c(F)c3c2[C@@H](c2ccccc2SC3)N2CN1C(=O)c1c(O)c(=O)ccn12. The Morgan fingerprint density at radius 2 is 1.95 bits per heavy atom. The lowest BCUT2D eigenvalue weighted by atomic mass is 9.92. The predicted molar refractivity (Wildman–Crippen MR) is 139 cm³/mol. The molecule has 0 aliphatic carbocycles. The number of hydrogen-bond donors (Lipinski definition) is 1. The Labute approximate surface area is 221 Å². The van der Waals surface area contributed by atoms with Crippen molar-refractivity contribution in [3.63, 3.8) is 0 Å². The number of benzene rings is 2. The standard InChI is InChI=1S/C28H25F2N3O4S/c1-15(2)19-7-5-11-37-21-12-18(29)24(30)17-13-38-22-8-4-3-6-16(22)25(23(17)21)33-14-31(19)28(36)26-27(35)20(34)9-10-32(26)33/h3-10,12,15,19,25,35H,11,13-14H2,1-2H3/b7-5+/t19-,25+/m0/s1. The summed E-state index contributed by atoms with van der Waals surface area (Å²) in [7, 11) is 0. The van der Waals surface area contributed by atoms with Crippen molar-refractivity contribution in [1.29, 1.82) is 0 Å². The van der Waals surface area contributed by atoms with Gasteiger partial charge in [0.25, 0.3) is 5.91 Å². The molecule has 0 spiro atoms. The van der Waals surface area contributed by atoms with Crippen LogP contribution in [0.3, 0.4) is 0 Å². The summed E-state index contributed by atoms with van der Waals surface area (Å²) in [6.07, 6.45) is 5.03. The minimum Gasteiger partial charge on any atom is -0.502 e. The zero-order valence-corrected chi connectivity index (χ0v) is 21.5. The highest BCUT2D eigenvalue weighted by molar-refractivity contribution is 7.98. The molecule has 7 nitrogen and oxygen atoms in total. The maximum Gasteiger partial charge on any atom is 0.278 e. The first-order valence-corrected chi connectivity index (χ1v) is 13.3. The molecule has 1 aromatic heterocycles. The number of amides is 1. The summed E-state index contributed by atoms with van der Waals surface area (Å²) in [5.41, 5.74) is 0.560. The van der Waals surface area contributed by atoms with Crippen LogP contribution in [-0.2, 0) is 5.75 Å². The van der Waals surface area contributed by atoms with Crippen LogP contribution < -0.4 is 15.2 Å². The summed E-state index contributed by atoms with van der Waals surface area (Å²) in [5, 5.41) is 12.6. The molecule has 10 heteroatoms. The summed E-state index contributed by atoms with van der Waals surface area (Å²) < 4.78 is 37.8. The molecule has 1 amide bonds. The number of halogens is 2. The molecule has 3 aliphatic heterocycles. The van der Waals surface area contributed by atoms with Gasteiger partial charge < -0.3 is 14.7 Å². The molecule has 3 aliphatic rings. The third kappa shape index (κ3) is 3.69. The van der Waals surface area contributed by atoms with Crippen LogP contribution in [0.15, 0.2) is 64.4 Å². The molecule has 0 unspecified atom stereocenters. The summed E-state index contributed by atoms with van der Waals surface area (Å²) in [4.78, 5) is 28.7. The van der Waals surface area contributed by atoms with E-state index in [2.05, 4.69) is 0 Å². The number of aromatic nitrogens is 1. The molecule has 4 heterocycles. The van der Waals surface area contributed by atoms with Crippen molar-refractivity contribution < 1.29 is 23.4 Å². The fourth-order valence-electron chi connectivity index (χ4n) is 5.49. The molecule has 2 atom stereocenters. The Bertz CT molecular complexity index is 1550. The van der Waals surface area contributed by atoms with E-state index >= 15 is 4.39 Å². The lowest BCUT2D eigenvalue weighted by molar-refractivity contribution is 0.0587. The van der Waals surface area contributed by atoms with Crippen LogP contribution in [0, 0.1) is 17.6 Å². The van der Waals surface area contributed by atoms with E-state index in [1.807, 2.05) is 44.2 Å². The predicted octanol–water partition coefficient (Wildman–Crippen LogP) is 4.55. The van der Waals surface area contributed by atoms with Crippen molar-refractivity contribution in [2.75, 3.05) is 18.3 Å². The molecule has 196 valence electrons. The van der Waals surface area contributed by atoms with Crippen LogP contribution in [0.1, 0.15) is 47.1 Å². The summed E-state index contributed by atoms with van der Waals surface area (Å²) in [6.45, 7) is 4.08. The van der Waals surface area contributed by atoms with Crippen LogP contribution >= 0.6 is 11.8 Å². The number of ether oxygens (including phenoxy) is 1. The molecule has 3 aromatic rings. The average molecular weight is 538 g/mol. The highest BCUT2D eigenvalue weighted by Gasteiger charge is 2.43. The molecule has 0 radical (unpaired) electrons. The van der Waals surface area contributed by atoms with Gasteiger partial charge in [0, 0.05) is 40.1 Å².